The van der Waals surface area contributed by atoms with E-state index < -0.39 is 0 Å². The lowest BCUT2D eigenvalue weighted by molar-refractivity contribution is 0.424. The van der Waals surface area contributed by atoms with E-state index in [9.17, 15) is 5.11 Å². The number of allylic oxidation sites excluding steroid dienone is 2. The molecule has 23 heavy (non-hydrogen) atoms. The maximum Gasteiger partial charge on any atom is 0.210 e. The van der Waals surface area contributed by atoms with E-state index in [1.165, 1.54) is 11.3 Å². The Balaban J connectivity index is 1.99. The van der Waals surface area contributed by atoms with Gasteiger partial charge >= 0.3 is 0 Å². The SMILES string of the molecule is C=CCn1c(O)c(C=C2C=NN=C2c2ccc(Cl)cc2)sc1=S. The van der Waals surface area contributed by atoms with E-state index in [0.717, 1.165) is 16.8 Å². The highest BCUT2D eigenvalue weighted by Gasteiger charge is 2.16. The molecule has 0 amide bonds. The second-order valence-electron chi connectivity index (χ2n) is 4.75. The lowest BCUT2D eigenvalue weighted by Crippen LogP contribution is -2.02. The summed E-state index contributed by atoms with van der Waals surface area (Å²) in [6.45, 7) is 4.14. The summed E-state index contributed by atoms with van der Waals surface area (Å²) < 4.78 is 2.22. The van der Waals surface area contributed by atoms with Gasteiger partial charge in [0.2, 0.25) is 5.88 Å². The highest BCUT2D eigenvalue weighted by atomic mass is 35.5. The third-order valence-corrected chi connectivity index (χ3v) is 4.88. The fourth-order valence-electron chi connectivity index (χ4n) is 2.15. The molecule has 1 aliphatic rings. The Kier molecular flexibility index (Phi) is 4.56. The van der Waals surface area contributed by atoms with Crippen molar-refractivity contribution < 1.29 is 5.11 Å². The Morgan fingerprint density at radius 2 is 2.09 bits per heavy atom. The molecule has 0 unspecified atom stereocenters. The predicted octanol–water partition coefficient (Wildman–Crippen LogP) is 4.70. The molecule has 0 bridgehead atoms. The minimum atomic E-state index is 0.128. The summed E-state index contributed by atoms with van der Waals surface area (Å²) in [6.07, 6.45) is 5.18. The van der Waals surface area contributed by atoms with Crippen LogP contribution in [0, 0.1) is 3.95 Å². The standard InChI is InChI=1S/C16H12ClN3OS2/c1-2-7-20-15(21)13(23-16(20)22)8-11-9-18-19-14(11)10-3-5-12(17)6-4-10/h2-6,8-9,21H,1,7H2. The van der Waals surface area contributed by atoms with E-state index in [1.807, 2.05) is 18.2 Å². The molecule has 4 nitrogen and oxygen atoms in total. The number of nitrogens with zero attached hydrogens (tertiary/aromatic N) is 3. The summed E-state index contributed by atoms with van der Waals surface area (Å²) in [5.41, 5.74) is 2.45. The maximum atomic E-state index is 10.3. The molecule has 2 aromatic rings. The van der Waals surface area contributed by atoms with E-state index in [1.54, 1.807) is 29.0 Å². The molecule has 2 heterocycles. The Bertz CT molecular complexity index is 904. The Morgan fingerprint density at radius 1 is 1.35 bits per heavy atom. The number of hydrogen-bond donors (Lipinski definition) is 1. The van der Waals surface area contributed by atoms with Crippen LogP contribution in [0.15, 0.2) is 52.7 Å². The largest absolute Gasteiger partial charge is 0.493 e. The first-order valence-electron chi connectivity index (χ1n) is 6.72. The lowest BCUT2D eigenvalue weighted by Gasteiger charge is -2.03. The summed E-state index contributed by atoms with van der Waals surface area (Å²) in [7, 11) is 0. The van der Waals surface area contributed by atoms with Gasteiger partial charge in [-0.1, -0.05) is 29.8 Å². The molecule has 116 valence electrons. The van der Waals surface area contributed by atoms with E-state index in [0.29, 0.717) is 20.4 Å². The molecule has 0 saturated heterocycles. The molecule has 0 radical (unpaired) electrons. The molecule has 1 N–H and O–H groups in total. The van der Waals surface area contributed by atoms with Crippen molar-refractivity contribution in [3.8, 4) is 5.88 Å². The molecule has 0 aliphatic carbocycles. The third-order valence-electron chi connectivity index (χ3n) is 3.24. The van der Waals surface area contributed by atoms with Crippen molar-refractivity contribution in [2.24, 2.45) is 10.2 Å². The molecular weight excluding hydrogens is 350 g/mol. The average Bonchev–Trinajstić information content (AvgIpc) is 3.09. The normalized spacial score (nSPS) is 15.2. The quantitative estimate of drug-likeness (QED) is 0.634. The van der Waals surface area contributed by atoms with Crippen LogP contribution < -0.4 is 0 Å². The van der Waals surface area contributed by atoms with Gasteiger partial charge in [0.1, 0.15) is 5.71 Å². The molecule has 7 heteroatoms. The summed E-state index contributed by atoms with van der Waals surface area (Å²) in [6, 6.07) is 7.37. The van der Waals surface area contributed by atoms with Crippen LogP contribution in [-0.2, 0) is 6.54 Å². The van der Waals surface area contributed by atoms with Gasteiger partial charge in [0.05, 0.1) is 11.1 Å². The van der Waals surface area contributed by atoms with Gasteiger partial charge in [-0.2, -0.15) is 5.10 Å². The average molecular weight is 362 g/mol. The Hall–Kier alpha value is -2.02. The van der Waals surface area contributed by atoms with Gasteiger partial charge in [-0.3, -0.25) is 4.57 Å². The van der Waals surface area contributed by atoms with Gasteiger partial charge in [0.15, 0.2) is 3.95 Å². The second kappa shape index (κ2) is 6.62. The molecule has 3 rings (SSSR count). The van der Waals surface area contributed by atoms with E-state index in [4.69, 9.17) is 23.8 Å². The molecule has 0 saturated carbocycles. The Labute approximate surface area is 147 Å². The third kappa shape index (κ3) is 3.19. The molecule has 0 fully saturated rings. The number of benzene rings is 1. The van der Waals surface area contributed by atoms with Gasteiger partial charge < -0.3 is 5.11 Å². The van der Waals surface area contributed by atoms with Crippen LogP contribution in [0.2, 0.25) is 5.02 Å². The summed E-state index contributed by atoms with van der Waals surface area (Å²) in [5, 5.41) is 19.1. The lowest BCUT2D eigenvalue weighted by atomic mass is 10.0. The Morgan fingerprint density at radius 3 is 2.78 bits per heavy atom. The van der Waals surface area contributed by atoms with Gasteiger partial charge in [0.25, 0.3) is 0 Å². The van der Waals surface area contributed by atoms with Gasteiger partial charge in [-0.05, 0) is 30.4 Å². The molecule has 0 spiro atoms. The van der Waals surface area contributed by atoms with E-state index >= 15 is 0 Å². The number of aromatic nitrogens is 1. The van der Waals surface area contributed by atoms with E-state index in [2.05, 4.69) is 16.8 Å². The summed E-state index contributed by atoms with van der Waals surface area (Å²) in [5.74, 6) is 0.128. The number of aromatic hydroxyl groups is 1. The van der Waals surface area contributed by atoms with Crippen molar-refractivity contribution in [3.63, 3.8) is 0 Å². The topological polar surface area (TPSA) is 49.9 Å². The van der Waals surface area contributed by atoms with Gasteiger partial charge in [-0.15, -0.1) is 23.0 Å². The van der Waals surface area contributed by atoms with Crippen LogP contribution in [0.3, 0.4) is 0 Å². The highest BCUT2D eigenvalue weighted by molar-refractivity contribution is 7.73. The van der Waals surface area contributed by atoms with Crippen LogP contribution in [0.1, 0.15) is 10.4 Å². The van der Waals surface area contributed by atoms with Crippen molar-refractivity contribution in [1.29, 1.82) is 0 Å². The van der Waals surface area contributed by atoms with Crippen molar-refractivity contribution in [3.05, 3.63) is 61.9 Å². The molecule has 1 aliphatic heterocycles. The van der Waals surface area contributed by atoms with Gasteiger partial charge in [-0.25, -0.2) is 0 Å². The predicted molar refractivity (Wildman–Crippen MR) is 99.5 cm³/mol. The van der Waals surface area contributed by atoms with Crippen LogP contribution >= 0.6 is 35.2 Å². The first-order valence-corrected chi connectivity index (χ1v) is 8.33. The molecule has 0 atom stereocenters. The second-order valence-corrected chi connectivity index (χ2v) is 6.87. The van der Waals surface area contributed by atoms with Gasteiger partial charge in [0, 0.05) is 22.7 Å². The molecule has 1 aromatic carbocycles. The minimum Gasteiger partial charge on any atom is -0.493 e. The van der Waals surface area contributed by atoms with Crippen molar-refractivity contribution in [2.75, 3.05) is 0 Å². The van der Waals surface area contributed by atoms with E-state index in [-0.39, 0.29) is 5.88 Å². The van der Waals surface area contributed by atoms with Crippen molar-refractivity contribution in [2.45, 2.75) is 6.54 Å². The molecule has 1 aromatic heterocycles. The van der Waals surface area contributed by atoms with Crippen LogP contribution in [0.4, 0.5) is 0 Å². The maximum absolute atomic E-state index is 10.3. The number of rotatable bonds is 4. The fourth-order valence-corrected chi connectivity index (χ4v) is 3.55. The summed E-state index contributed by atoms with van der Waals surface area (Å²) >= 11 is 12.5. The fraction of sp³-hybridized carbons (Fsp3) is 0.0625. The first kappa shape index (κ1) is 15.9. The number of thiazole rings is 1. The zero-order valence-corrected chi connectivity index (χ0v) is 14.3. The zero-order valence-electron chi connectivity index (χ0n) is 11.9. The van der Waals surface area contributed by atoms with Crippen molar-refractivity contribution in [1.82, 2.24) is 4.57 Å². The first-order chi connectivity index (χ1) is 11.1. The molecular formula is C16H12ClN3OS2. The van der Waals surface area contributed by atoms with Crippen LogP contribution in [-0.4, -0.2) is 21.6 Å². The highest BCUT2D eigenvalue weighted by Crippen LogP contribution is 2.29. The minimum absolute atomic E-state index is 0.128. The van der Waals surface area contributed by atoms with Crippen LogP contribution in [0.25, 0.3) is 6.08 Å². The van der Waals surface area contributed by atoms with Crippen molar-refractivity contribution >= 4 is 53.2 Å². The smallest absolute Gasteiger partial charge is 0.210 e. The van der Waals surface area contributed by atoms with Crippen LogP contribution in [0.5, 0.6) is 5.88 Å². The number of hydrogen-bond acceptors (Lipinski definition) is 5. The summed E-state index contributed by atoms with van der Waals surface area (Å²) in [4.78, 5) is 0.668. The number of halogens is 1. The monoisotopic (exact) mass is 361 g/mol. The zero-order chi connectivity index (χ0) is 16.4.